The van der Waals surface area contributed by atoms with Crippen molar-refractivity contribution in [2.24, 2.45) is 0 Å². The molecule has 0 aromatic heterocycles. The second-order valence-corrected chi connectivity index (χ2v) is 7.08. The molecule has 1 N–H and O–H groups in total. The zero-order chi connectivity index (χ0) is 20.0. The summed E-state index contributed by atoms with van der Waals surface area (Å²) in [6.45, 7) is 1.44. The second kappa shape index (κ2) is 9.43. The normalized spacial score (nSPS) is 11.5. The highest BCUT2D eigenvalue weighted by molar-refractivity contribution is 7.99. The maximum absolute atomic E-state index is 12.3. The molecule has 0 aliphatic carbocycles. The number of nitro benzene ring substituents is 1. The molecule has 2 aromatic rings. The highest BCUT2D eigenvalue weighted by Crippen LogP contribution is 2.29. The molecule has 0 bridgehead atoms. The molecule has 1 amide bonds. The second-order valence-electron chi connectivity index (χ2n) is 5.38. The van der Waals surface area contributed by atoms with Gasteiger partial charge in [-0.2, -0.15) is 0 Å². The van der Waals surface area contributed by atoms with Gasteiger partial charge in [0.1, 0.15) is 0 Å². The molecule has 0 aliphatic heterocycles. The Morgan fingerprint density at radius 2 is 1.78 bits per heavy atom. The zero-order valence-corrected chi connectivity index (χ0v) is 16.6. The van der Waals surface area contributed by atoms with E-state index in [4.69, 9.17) is 4.74 Å². The van der Waals surface area contributed by atoms with Crippen LogP contribution in [0.5, 0.6) is 0 Å². The van der Waals surface area contributed by atoms with Crippen molar-refractivity contribution in [1.29, 1.82) is 0 Å². The van der Waals surface area contributed by atoms with Gasteiger partial charge in [-0.15, -0.1) is 23.5 Å². The third kappa shape index (κ3) is 5.24. The number of rotatable bonds is 7. The number of nitro groups is 1. The number of para-hydroxylation sites is 1. The lowest BCUT2D eigenvalue weighted by Crippen LogP contribution is -2.30. The van der Waals surface area contributed by atoms with Gasteiger partial charge in [0.2, 0.25) is 0 Å². The number of thioether (sulfide) groups is 2. The van der Waals surface area contributed by atoms with Gasteiger partial charge in [-0.05, 0) is 43.7 Å². The molecule has 9 heteroatoms. The molecular formula is C18H18N2O5S2. The van der Waals surface area contributed by atoms with Crippen molar-refractivity contribution >= 4 is 46.8 Å². The molecule has 0 fully saturated rings. The molecule has 0 spiro atoms. The summed E-state index contributed by atoms with van der Waals surface area (Å²) in [7, 11) is 0. The van der Waals surface area contributed by atoms with E-state index in [9.17, 15) is 19.7 Å². The third-order valence-corrected chi connectivity index (χ3v) is 5.21. The average molecular weight is 406 g/mol. The van der Waals surface area contributed by atoms with E-state index in [1.165, 1.54) is 42.6 Å². The van der Waals surface area contributed by atoms with Crippen LogP contribution in [0.25, 0.3) is 0 Å². The summed E-state index contributed by atoms with van der Waals surface area (Å²) in [4.78, 5) is 36.5. The van der Waals surface area contributed by atoms with Crippen molar-refractivity contribution in [3.63, 3.8) is 0 Å². The zero-order valence-electron chi connectivity index (χ0n) is 14.9. The van der Waals surface area contributed by atoms with E-state index in [1.807, 2.05) is 18.4 Å². The van der Waals surface area contributed by atoms with Crippen LogP contribution in [0.2, 0.25) is 0 Å². The monoisotopic (exact) mass is 406 g/mol. The van der Waals surface area contributed by atoms with Gasteiger partial charge in [-0.25, -0.2) is 4.79 Å². The summed E-state index contributed by atoms with van der Waals surface area (Å²) < 4.78 is 5.16. The first-order chi connectivity index (χ1) is 12.9. The van der Waals surface area contributed by atoms with Gasteiger partial charge in [0, 0.05) is 11.0 Å². The lowest BCUT2D eigenvalue weighted by Gasteiger charge is -2.15. The van der Waals surface area contributed by atoms with Crippen LogP contribution >= 0.6 is 23.5 Å². The minimum Gasteiger partial charge on any atom is -0.449 e. The molecule has 27 heavy (non-hydrogen) atoms. The first-order valence-corrected chi connectivity index (χ1v) is 10.3. The van der Waals surface area contributed by atoms with Crippen molar-refractivity contribution in [3.8, 4) is 0 Å². The Balaban J connectivity index is 2.09. The number of carbonyl (C=O) groups excluding carboxylic acids is 2. The SMILES string of the molecule is CSc1ccccc1NC(=O)[C@@H](C)OC(=O)c1ccc(SC)c([N+](=O)[O-])c1. The standard InChI is InChI=1S/C18H18N2O5S2/c1-11(17(21)19-13-6-4-5-7-15(13)26-2)25-18(22)12-8-9-16(27-3)14(10-12)20(23)24/h4-11H,1-3H3,(H,19,21)/t11-/m1/s1. The van der Waals surface area contributed by atoms with E-state index < -0.39 is 22.9 Å². The Hall–Kier alpha value is -2.52. The van der Waals surface area contributed by atoms with Crippen molar-refractivity contribution in [1.82, 2.24) is 0 Å². The van der Waals surface area contributed by atoms with Crippen molar-refractivity contribution in [2.45, 2.75) is 22.8 Å². The first-order valence-electron chi connectivity index (χ1n) is 7.84. The van der Waals surface area contributed by atoms with Gasteiger partial charge in [-0.3, -0.25) is 14.9 Å². The number of nitrogens with one attached hydrogen (secondary N) is 1. The highest BCUT2D eigenvalue weighted by atomic mass is 32.2. The fourth-order valence-corrected chi connectivity index (χ4v) is 3.32. The Morgan fingerprint density at radius 1 is 1.11 bits per heavy atom. The number of hydrogen-bond donors (Lipinski definition) is 1. The highest BCUT2D eigenvalue weighted by Gasteiger charge is 2.22. The molecule has 0 heterocycles. The molecule has 142 valence electrons. The largest absolute Gasteiger partial charge is 0.449 e. The number of amides is 1. The Labute approximate surface area is 165 Å². The summed E-state index contributed by atoms with van der Waals surface area (Å²) in [5.74, 6) is -1.29. The lowest BCUT2D eigenvalue weighted by atomic mass is 10.2. The van der Waals surface area contributed by atoms with E-state index in [0.717, 1.165) is 11.0 Å². The van der Waals surface area contributed by atoms with E-state index in [1.54, 1.807) is 18.4 Å². The molecule has 7 nitrogen and oxygen atoms in total. The van der Waals surface area contributed by atoms with Crippen LogP contribution in [0.3, 0.4) is 0 Å². The van der Waals surface area contributed by atoms with Gasteiger partial charge < -0.3 is 10.1 Å². The lowest BCUT2D eigenvalue weighted by molar-refractivity contribution is -0.387. The Morgan fingerprint density at radius 3 is 2.41 bits per heavy atom. The van der Waals surface area contributed by atoms with E-state index in [0.29, 0.717) is 10.6 Å². The van der Waals surface area contributed by atoms with Crippen LogP contribution in [0, 0.1) is 10.1 Å². The molecule has 2 rings (SSSR count). The smallest absolute Gasteiger partial charge is 0.339 e. The molecule has 0 saturated heterocycles. The van der Waals surface area contributed by atoms with Gasteiger partial charge >= 0.3 is 5.97 Å². The fourth-order valence-electron chi connectivity index (χ4n) is 2.22. The minimum absolute atomic E-state index is 0.0173. The number of hydrogen-bond acceptors (Lipinski definition) is 7. The molecule has 1 atom stereocenters. The predicted octanol–water partition coefficient (Wildman–Crippen LogP) is 4.22. The number of esters is 1. The fraction of sp³-hybridized carbons (Fsp3) is 0.222. The molecule has 0 aliphatic rings. The minimum atomic E-state index is -1.06. The van der Waals surface area contributed by atoms with Crippen LogP contribution in [-0.2, 0) is 9.53 Å². The summed E-state index contributed by atoms with van der Waals surface area (Å²) in [6.07, 6.45) is 2.53. The number of nitrogens with zero attached hydrogens (tertiary/aromatic N) is 1. The summed E-state index contributed by atoms with van der Waals surface area (Å²) in [5.41, 5.74) is 0.462. The molecular weight excluding hydrogens is 388 g/mol. The predicted molar refractivity (Wildman–Crippen MR) is 107 cm³/mol. The van der Waals surface area contributed by atoms with Crippen LogP contribution in [0.4, 0.5) is 11.4 Å². The van der Waals surface area contributed by atoms with Crippen LogP contribution < -0.4 is 5.32 Å². The summed E-state index contributed by atoms with van der Waals surface area (Å²) >= 11 is 2.69. The van der Waals surface area contributed by atoms with E-state index in [-0.39, 0.29) is 11.3 Å². The average Bonchev–Trinajstić information content (AvgIpc) is 2.67. The molecule has 0 saturated carbocycles. The Bertz CT molecular complexity index is 873. The van der Waals surface area contributed by atoms with Crippen molar-refractivity contribution in [3.05, 3.63) is 58.1 Å². The van der Waals surface area contributed by atoms with Gasteiger partial charge in [0.05, 0.1) is 21.1 Å². The number of carbonyl (C=O) groups is 2. The maximum atomic E-state index is 12.3. The van der Waals surface area contributed by atoms with Crippen LogP contribution in [0.15, 0.2) is 52.3 Å². The number of ether oxygens (including phenoxy) is 1. The molecule has 0 unspecified atom stereocenters. The topological polar surface area (TPSA) is 98.5 Å². The van der Waals surface area contributed by atoms with Crippen molar-refractivity contribution < 1.29 is 19.2 Å². The number of benzene rings is 2. The molecule has 2 aromatic carbocycles. The summed E-state index contributed by atoms with van der Waals surface area (Å²) in [5, 5.41) is 13.8. The van der Waals surface area contributed by atoms with Crippen LogP contribution in [0.1, 0.15) is 17.3 Å². The number of anilines is 1. The van der Waals surface area contributed by atoms with Gasteiger partial charge in [0.15, 0.2) is 6.10 Å². The quantitative estimate of drug-likeness (QED) is 0.318. The third-order valence-electron chi connectivity index (χ3n) is 3.63. The first kappa shape index (κ1) is 20.8. The van der Waals surface area contributed by atoms with E-state index >= 15 is 0 Å². The van der Waals surface area contributed by atoms with Crippen LogP contribution in [-0.4, -0.2) is 35.4 Å². The van der Waals surface area contributed by atoms with E-state index in [2.05, 4.69) is 5.32 Å². The molecule has 0 radical (unpaired) electrons. The van der Waals surface area contributed by atoms with Gasteiger partial charge in [0.25, 0.3) is 11.6 Å². The summed E-state index contributed by atoms with van der Waals surface area (Å²) in [6, 6.07) is 11.3. The van der Waals surface area contributed by atoms with Gasteiger partial charge in [-0.1, -0.05) is 12.1 Å². The maximum Gasteiger partial charge on any atom is 0.339 e. The Kier molecular flexibility index (Phi) is 7.26. The van der Waals surface area contributed by atoms with Crippen molar-refractivity contribution in [2.75, 3.05) is 17.8 Å².